The topological polar surface area (TPSA) is 32.8 Å². The van der Waals surface area contributed by atoms with Gasteiger partial charge in [-0.2, -0.15) is 5.06 Å². The van der Waals surface area contributed by atoms with Crippen LogP contribution in [0.5, 0.6) is 0 Å². The normalized spacial score (nSPS) is 30.9. The lowest BCUT2D eigenvalue weighted by Gasteiger charge is -2.36. The number of hydroxylamine groups is 2. The Balaban J connectivity index is 1.87. The van der Waals surface area contributed by atoms with E-state index < -0.39 is 0 Å². The summed E-state index contributed by atoms with van der Waals surface area (Å²) in [6.45, 7) is 6.43. The molecule has 0 saturated carbocycles. The summed E-state index contributed by atoms with van der Waals surface area (Å²) in [5, 5.41) is 1.92. The van der Waals surface area contributed by atoms with Crippen LogP contribution in [0.25, 0.3) is 0 Å². The molecule has 2 aliphatic rings. The Labute approximate surface area is 120 Å². The number of hydrogen-bond donors (Lipinski definition) is 0. The molecule has 0 unspecified atom stereocenters. The largest absolute Gasteiger partial charge is 0.326 e. The maximum atomic E-state index is 12.4. The fraction of sp³-hybridized carbons (Fsp3) is 0.562. The van der Waals surface area contributed by atoms with E-state index >= 15 is 0 Å². The molecule has 3 atom stereocenters. The third-order valence-corrected chi connectivity index (χ3v) is 4.18. The highest BCUT2D eigenvalue weighted by atomic mass is 16.7. The van der Waals surface area contributed by atoms with E-state index in [1.165, 1.54) is 0 Å². The van der Waals surface area contributed by atoms with Crippen LogP contribution in [0, 0.1) is 5.41 Å². The van der Waals surface area contributed by atoms with E-state index in [2.05, 4.69) is 32.9 Å². The molecule has 0 N–H and O–H groups in total. The number of fused-ring (bicyclic) bond motifs is 1. The van der Waals surface area contributed by atoms with Crippen molar-refractivity contribution in [3.63, 3.8) is 0 Å². The maximum Gasteiger partial charge on any atom is 0.243 e. The van der Waals surface area contributed by atoms with Crippen molar-refractivity contribution in [1.82, 2.24) is 9.96 Å². The van der Waals surface area contributed by atoms with Gasteiger partial charge in [0.15, 0.2) is 0 Å². The van der Waals surface area contributed by atoms with Crippen molar-refractivity contribution >= 4 is 5.91 Å². The molecule has 0 bridgehead atoms. The van der Waals surface area contributed by atoms with Crippen molar-refractivity contribution in [2.75, 3.05) is 7.05 Å². The second-order valence-corrected chi connectivity index (χ2v) is 6.80. The maximum absolute atomic E-state index is 12.4. The molecule has 0 aliphatic carbocycles. The van der Waals surface area contributed by atoms with E-state index in [4.69, 9.17) is 4.84 Å². The molecule has 108 valence electrons. The van der Waals surface area contributed by atoms with Gasteiger partial charge in [0, 0.05) is 13.5 Å². The fourth-order valence-corrected chi connectivity index (χ4v) is 3.36. The zero-order valence-corrected chi connectivity index (χ0v) is 12.5. The Kier molecular flexibility index (Phi) is 3.10. The molecule has 1 aromatic carbocycles. The van der Waals surface area contributed by atoms with Crippen molar-refractivity contribution in [1.29, 1.82) is 0 Å². The summed E-state index contributed by atoms with van der Waals surface area (Å²) >= 11 is 0. The minimum absolute atomic E-state index is 0.00582. The SMILES string of the molecule is CN1C(=O)[C@@H]2C[C@@H](c3ccccc3)ON2[C@H]1C(C)(C)C. The van der Waals surface area contributed by atoms with Crippen molar-refractivity contribution in [2.45, 2.75) is 45.5 Å². The number of likely N-dealkylation sites (N-methyl/N-ethyl adjacent to an activating group) is 1. The molecule has 3 rings (SSSR count). The van der Waals surface area contributed by atoms with Gasteiger partial charge in [0.1, 0.15) is 18.3 Å². The third kappa shape index (κ3) is 2.03. The van der Waals surface area contributed by atoms with Crippen molar-refractivity contribution in [3.8, 4) is 0 Å². The Morgan fingerprint density at radius 1 is 1.20 bits per heavy atom. The summed E-state index contributed by atoms with van der Waals surface area (Å²) in [5.41, 5.74) is 1.11. The summed E-state index contributed by atoms with van der Waals surface area (Å²) in [7, 11) is 1.87. The van der Waals surface area contributed by atoms with Crippen LogP contribution in [-0.2, 0) is 9.63 Å². The van der Waals surface area contributed by atoms with E-state index in [0.717, 1.165) is 12.0 Å². The lowest BCUT2D eigenvalue weighted by molar-refractivity contribution is -0.210. The Hall–Kier alpha value is -1.39. The van der Waals surface area contributed by atoms with Gasteiger partial charge in [-0.05, 0) is 11.0 Å². The van der Waals surface area contributed by atoms with Crippen molar-refractivity contribution < 1.29 is 9.63 Å². The first-order valence-electron chi connectivity index (χ1n) is 7.16. The van der Waals surface area contributed by atoms with Crippen LogP contribution in [0.15, 0.2) is 30.3 Å². The second-order valence-electron chi connectivity index (χ2n) is 6.80. The molecule has 20 heavy (non-hydrogen) atoms. The summed E-state index contributed by atoms with van der Waals surface area (Å²) in [5.74, 6) is 0.170. The van der Waals surface area contributed by atoms with Crippen LogP contribution < -0.4 is 0 Å². The Bertz CT molecular complexity index is 509. The van der Waals surface area contributed by atoms with Gasteiger partial charge in [-0.15, -0.1) is 0 Å². The van der Waals surface area contributed by atoms with Crippen LogP contribution >= 0.6 is 0 Å². The first kappa shape index (κ1) is 13.6. The zero-order valence-electron chi connectivity index (χ0n) is 12.5. The summed E-state index contributed by atoms with van der Waals surface area (Å²) in [6, 6.07) is 10.0. The Morgan fingerprint density at radius 2 is 1.85 bits per heavy atom. The van der Waals surface area contributed by atoms with Gasteiger partial charge in [0.05, 0.1) is 0 Å². The predicted molar refractivity (Wildman–Crippen MR) is 76.5 cm³/mol. The second kappa shape index (κ2) is 4.57. The third-order valence-electron chi connectivity index (χ3n) is 4.18. The number of amides is 1. The number of nitrogens with zero attached hydrogens (tertiary/aromatic N) is 2. The van der Waals surface area contributed by atoms with Crippen LogP contribution in [0.2, 0.25) is 0 Å². The van der Waals surface area contributed by atoms with Crippen LogP contribution in [0.3, 0.4) is 0 Å². The predicted octanol–water partition coefficient (Wildman–Crippen LogP) is 2.58. The van der Waals surface area contributed by atoms with Crippen molar-refractivity contribution in [3.05, 3.63) is 35.9 Å². The molecule has 0 aromatic heterocycles. The van der Waals surface area contributed by atoms with Crippen LogP contribution in [-0.4, -0.2) is 35.1 Å². The molecule has 4 heteroatoms. The number of hydrogen-bond acceptors (Lipinski definition) is 3. The molecule has 2 aliphatic heterocycles. The monoisotopic (exact) mass is 274 g/mol. The van der Waals surface area contributed by atoms with E-state index in [1.54, 1.807) is 0 Å². The van der Waals surface area contributed by atoms with Gasteiger partial charge in [0.25, 0.3) is 0 Å². The number of benzene rings is 1. The molecule has 2 saturated heterocycles. The molecule has 2 heterocycles. The van der Waals surface area contributed by atoms with E-state index in [1.807, 2.05) is 35.2 Å². The summed E-state index contributed by atoms with van der Waals surface area (Å²) in [4.78, 5) is 20.4. The lowest BCUT2D eigenvalue weighted by atomic mass is 9.92. The standard InChI is InChI=1S/C16H22N2O2/c1-16(2,3)15-17(4)14(19)12-10-13(20-18(12)15)11-8-6-5-7-9-11/h5-9,12-13,15H,10H2,1-4H3/t12-,13-,15-/m0/s1. The first-order valence-corrected chi connectivity index (χ1v) is 7.16. The van der Waals surface area contributed by atoms with Gasteiger partial charge in [-0.25, -0.2) is 0 Å². The molecule has 0 spiro atoms. The van der Waals surface area contributed by atoms with Crippen LogP contribution in [0.4, 0.5) is 0 Å². The van der Waals surface area contributed by atoms with Gasteiger partial charge < -0.3 is 4.90 Å². The quantitative estimate of drug-likeness (QED) is 0.789. The number of rotatable bonds is 1. The van der Waals surface area contributed by atoms with E-state index in [0.29, 0.717) is 0 Å². The highest BCUT2D eigenvalue weighted by molar-refractivity contribution is 5.84. The number of carbonyl (C=O) groups excluding carboxylic acids is 1. The summed E-state index contributed by atoms with van der Waals surface area (Å²) in [6.07, 6.45) is 0.720. The fourth-order valence-electron chi connectivity index (χ4n) is 3.36. The molecular weight excluding hydrogens is 252 g/mol. The van der Waals surface area contributed by atoms with Crippen molar-refractivity contribution in [2.24, 2.45) is 5.41 Å². The first-order chi connectivity index (χ1) is 9.39. The lowest BCUT2D eigenvalue weighted by Crippen LogP contribution is -2.46. The van der Waals surface area contributed by atoms with E-state index in [-0.39, 0.29) is 29.6 Å². The molecule has 0 radical (unpaired) electrons. The molecule has 1 aromatic rings. The van der Waals surface area contributed by atoms with Gasteiger partial charge in [-0.3, -0.25) is 9.63 Å². The molecule has 1 amide bonds. The average molecular weight is 274 g/mol. The van der Waals surface area contributed by atoms with Gasteiger partial charge in [-0.1, -0.05) is 51.1 Å². The molecule has 2 fully saturated rings. The van der Waals surface area contributed by atoms with Gasteiger partial charge >= 0.3 is 0 Å². The van der Waals surface area contributed by atoms with Crippen LogP contribution in [0.1, 0.15) is 38.9 Å². The minimum Gasteiger partial charge on any atom is -0.326 e. The smallest absolute Gasteiger partial charge is 0.243 e. The molecular formula is C16H22N2O2. The highest BCUT2D eigenvalue weighted by Gasteiger charge is 2.54. The summed E-state index contributed by atoms with van der Waals surface area (Å²) < 4.78 is 0. The number of carbonyl (C=O) groups is 1. The Morgan fingerprint density at radius 3 is 2.45 bits per heavy atom. The average Bonchev–Trinajstić information content (AvgIpc) is 2.90. The minimum atomic E-state index is -0.144. The highest BCUT2D eigenvalue weighted by Crippen LogP contribution is 2.43. The van der Waals surface area contributed by atoms with E-state index in [9.17, 15) is 4.79 Å². The molecule has 4 nitrogen and oxygen atoms in total. The van der Waals surface area contributed by atoms with Gasteiger partial charge in [0.2, 0.25) is 5.91 Å². The zero-order chi connectivity index (χ0) is 14.5.